The van der Waals surface area contributed by atoms with Crippen LogP contribution in [-0.4, -0.2) is 15.8 Å². The van der Waals surface area contributed by atoms with Crippen molar-refractivity contribution in [3.63, 3.8) is 0 Å². The van der Waals surface area contributed by atoms with Gasteiger partial charge in [0.05, 0.1) is 27.5 Å². The molecule has 0 radical (unpaired) electrons. The lowest BCUT2D eigenvalue weighted by Crippen LogP contribution is -2.22. The van der Waals surface area contributed by atoms with Gasteiger partial charge in [0.25, 0.3) is 0 Å². The second kappa shape index (κ2) is 8.54. The molecule has 5 nitrogen and oxygen atoms in total. The lowest BCUT2D eigenvalue weighted by Gasteiger charge is -2.15. The van der Waals surface area contributed by atoms with Gasteiger partial charge in [-0.05, 0) is 58.4 Å². The van der Waals surface area contributed by atoms with E-state index >= 15 is 0 Å². The monoisotopic (exact) mass is 570 g/mol. The number of hydrogen-bond acceptors (Lipinski definition) is 2. The van der Waals surface area contributed by atoms with Gasteiger partial charge in [0, 0.05) is 10.2 Å². The molecule has 0 saturated heterocycles. The van der Waals surface area contributed by atoms with Gasteiger partial charge in [-0.2, -0.15) is 31.4 Å². The molecule has 0 unspecified atom stereocenters. The summed E-state index contributed by atoms with van der Waals surface area (Å²) in [7, 11) is 0. The molecular weight excluding hydrogens is 562 g/mol. The topological polar surface area (TPSA) is 59.0 Å². The highest BCUT2D eigenvalue weighted by Gasteiger charge is 2.37. The van der Waals surface area contributed by atoms with Gasteiger partial charge in [-0.3, -0.25) is 5.32 Å². The van der Waals surface area contributed by atoms with Crippen LogP contribution in [0.25, 0.3) is 5.69 Å². The number of urea groups is 1. The van der Waals surface area contributed by atoms with Crippen LogP contribution in [0.4, 0.5) is 42.6 Å². The summed E-state index contributed by atoms with van der Waals surface area (Å²) in [5.74, 6) is 0.114. The van der Waals surface area contributed by atoms with Crippen LogP contribution in [0.2, 0.25) is 0 Å². The van der Waals surface area contributed by atoms with E-state index in [1.807, 2.05) is 5.32 Å². The van der Waals surface area contributed by atoms with E-state index < -0.39 is 35.2 Å². The molecule has 2 aromatic carbocycles. The van der Waals surface area contributed by atoms with Crippen LogP contribution in [0.3, 0.4) is 0 Å². The number of halogens is 8. The number of carbonyl (C=O) groups is 1. The van der Waals surface area contributed by atoms with Crippen molar-refractivity contribution in [3.8, 4) is 5.69 Å². The first-order valence-corrected chi connectivity index (χ1v) is 9.80. The number of benzene rings is 2. The number of amides is 2. The quantitative estimate of drug-likeness (QED) is 0.330. The van der Waals surface area contributed by atoms with E-state index in [9.17, 15) is 31.1 Å². The number of aromatic nitrogens is 2. The molecule has 31 heavy (non-hydrogen) atoms. The second-order valence-corrected chi connectivity index (χ2v) is 7.87. The summed E-state index contributed by atoms with van der Waals surface area (Å²) in [5, 5.41) is 8.45. The first-order valence-electron chi connectivity index (χ1n) is 8.21. The van der Waals surface area contributed by atoms with Gasteiger partial charge in [0.15, 0.2) is 5.82 Å². The van der Waals surface area contributed by atoms with Crippen LogP contribution >= 0.6 is 31.9 Å². The zero-order valence-corrected chi connectivity index (χ0v) is 18.1. The summed E-state index contributed by atoms with van der Waals surface area (Å²) >= 11 is 6.47. The smallest absolute Gasteiger partial charge is 0.308 e. The van der Waals surface area contributed by atoms with Gasteiger partial charge in [-0.1, -0.05) is 15.9 Å². The summed E-state index contributed by atoms with van der Waals surface area (Å²) in [6.07, 6.45) is -8.70. The molecule has 0 aliphatic carbocycles. The Morgan fingerprint density at radius 3 is 1.94 bits per heavy atom. The van der Waals surface area contributed by atoms with Crippen molar-refractivity contribution in [1.29, 1.82) is 0 Å². The molecule has 0 atom stereocenters. The Morgan fingerprint density at radius 2 is 1.42 bits per heavy atom. The molecule has 0 aliphatic rings. The predicted octanol–water partition coefficient (Wildman–Crippen LogP) is 7.08. The molecule has 0 bridgehead atoms. The molecule has 0 aliphatic heterocycles. The zero-order valence-electron chi connectivity index (χ0n) is 14.9. The molecule has 1 heterocycles. The minimum absolute atomic E-state index is 0.0255. The molecule has 2 N–H and O–H groups in total. The van der Waals surface area contributed by atoms with Gasteiger partial charge < -0.3 is 5.32 Å². The van der Waals surface area contributed by atoms with Crippen molar-refractivity contribution < 1.29 is 31.1 Å². The minimum atomic E-state index is -5.03. The number of rotatable bonds is 3. The molecule has 0 spiro atoms. The standard InChI is InChI=1S/C18H10Br2F6N4O/c19-11-1-3-13(4-2-11)30-15(14(20)8-27-30)29-16(31)28-12-6-9(17(21,22)23)5-10(7-12)18(24,25)26/h1-8H,(H2,28,29,31). The molecular formula is C18H10Br2F6N4O. The van der Waals surface area contributed by atoms with Crippen LogP contribution in [0.1, 0.15) is 11.1 Å². The minimum Gasteiger partial charge on any atom is -0.308 e. The van der Waals surface area contributed by atoms with Crippen LogP contribution in [-0.2, 0) is 12.4 Å². The van der Waals surface area contributed by atoms with Gasteiger partial charge in [0.2, 0.25) is 0 Å². The lowest BCUT2D eigenvalue weighted by atomic mass is 10.1. The van der Waals surface area contributed by atoms with E-state index in [4.69, 9.17) is 0 Å². The third-order valence-corrected chi connectivity index (χ3v) is 4.98. The second-order valence-electron chi connectivity index (χ2n) is 6.10. The Kier molecular flexibility index (Phi) is 6.37. The van der Waals surface area contributed by atoms with E-state index in [2.05, 4.69) is 42.3 Å². The third kappa shape index (κ3) is 5.58. The van der Waals surface area contributed by atoms with E-state index in [-0.39, 0.29) is 11.9 Å². The Balaban J connectivity index is 1.88. The number of carbonyl (C=O) groups excluding carboxylic acids is 1. The first-order chi connectivity index (χ1) is 14.3. The molecule has 13 heteroatoms. The number of nitrogens with one attached hydrogen (secondary N) is 2. The number of nitrogens with zero attached hydrogens (tertiary/aromatic N) is 2. The normalized spacial score (nSPS) is 12.0. The zero-order chi connectivity index (χ0) is 23.0. The molecule has 2 amide bonds. The van der Waals surface area contributed by atoms with E-state index in [1.54, 1.807) is 24.3 Å². The highest BCUT2D eigenvalue weighted by atomic mass is 79.9. The largest absolute Gasteiger partial charge is 0.416 e. The fourth-order valence-electron chi connectivity index (χ4n) is 2.52. The van der Waals surface area contributed by atoms with Crippen molar-refractivity contribution in [2.45, 2.75) is 12.4 Å². The third-order valence-electron chi connectivity index (χ3n) is 3.87. The molecule has 1 aromatic heterocycles. The van der Waals surface area contributed by atoms with Crippen LogP contribution in [0.15, 0.2) is 57.6 Å². The van der Waals surface area contributed by atoms with Crippen molar-refractivity contribution >= 4 is 49.4 Å². The average Bonchev–Trinajstić information content (AvgIpc) is 3.01. The van der Waals surface area contributed by atoms with Crippen LogP contribution in [0, 0.1) is 0 Å². The Hall–Kier alpha value is -2.54. The van der Waals surface area contributed by atoms with Gasteiger partial charge in [-0.25, -0.2) is 9.48 Å². The van der Waals surface area contributed by atoms with E-state index in [0.717, 1.165) is 4.47 Å². The maximum Gasteiger partial charge on any atom is 0.416 e. The predicted molar refractivity (Wildman–Crippen MR) is 108 cm³/mol. The fourth-order valence-corrected chi connectivity index (χ4v) is 3.14. The summed E-state index contributed by atoms with van der Waals surface area (Å²) in [6.45, 7) is 0. The van der Waals surface area contributed by atoms with E-state index in [1.165, 1.54) is 10.9 Å². The number of hydrogen-bond donors (Lipinski definition) is 2. The van der Waals surface area contributed by atoms with Gasteiger partial charge >= 0.3 is 18.4 Å². The molecule has 164 valence electrons. The Morgan fingerprint density at radius 1 is 0.871 bits per heavy atom. The van der Waals surface area contributed by atoms with Crippen molar-refractivity contribution in [2.75, 3.05) is 10.6 Å². The molecule has 3 aromatic rings. The highest BCUT2D eigenvalue weighted by Crippen LogP contribution is 2.37. The number of anilines is 2. The SMILES string of the molecule is O=C(Nc1cc(C(F)(F)F)cc(C(F)(F)F)c1)Nc1c(Br)cnn1-c1ccc(Br)cc1. The van der Waals surface area contributed by atoms with Gasteiger partial charge in [-0.15, -0.1) is 0 Å². The lowest BCUT2D eigenvalue weighted by molar-refractivity contribution is -0.143. The highest BCUT2D eigenvalue weighted by molar-refractivity contribution is 9.10. The maximum absolute atomic E-state index is 13.0. The summed E-state index contributed by atoms with van der Waals surface area (Å²) < 4.78 is 80.4. The summed E-state index contributed by atoms with van der Waals surface area (Å²) in [6, 6.07) is 6.52. The summed E-state index contributed by atoms with van der Waals surface area (Å²) in [4.78, 5) is 12.3. The Bertz CT molecular complexity index is 1080. The summed E-state index contributed by atoms with van der Waals surface area (Å²) in [5.41, 5.74) is -3.22. The molecule has 0 saturated carbocycles. The van der Waals surface area contributed by atoms with Crippen LogP contribution in [0.5, 0.6) is 0 Å². The van der Waals surface area contributed by atoms with Crippen molar-refractivity contribution in [3.05, 3.63) is 68.7 Å². The van der Waals surface area contributed by atoms with Crippen molar-refractivity contribution in [2.24, 2.45) is 0 Å². The Labute approximate surface area is 187 Å². The molecule has 0 fully saturated rings. The number of alkyl halides is 6. The van der Waals surface area contributed by atoms with Crippen molar-refractivity contribution in [1.82, 2.24) is 9.78 Å². The van der Waals surface area contributed by atoms with Crippen LogP contribution < -0.4 is 10.6 Å². The molecule has 3 rings (SSSR count). The fraction of sp³-hybridized carbons (Fsp3) is 0.111. The average molecular weight is 572 g/mol. The van der Waals surface area contributed by atoms with E-state index in [0.29, 0.717) is 22.3 Å². The first kappa shape index (κ1) is 23.1. The maximum atomic E-state index is 13.0. The van der Waals surface area contributed by atoms with Gasteiger partial charge in [0.1, 0.15) is 0 Å².